The molecule has 3 nitrogen and oxygen atoms in total. The van der Waals surface area contributed by atoms with Crippen LogP contribution < -0.4 is 4.52 Å². The van der Waals surface area contributed by atoms with Crippen LogP contribution >= 0.6 is 9.47 Å². The number of rotatable bonds is 3. The molecule has 0 fully saturated rings. The van der Waals surface area contributed by atoms with Gasteiger partial charge in [-0.1, -0.05) is 6.92 Å². The molecular formula is C14H18NO2P. The van der Waals surface area contributed by atoms with Crippen LogP contribution in [-0.4, -0.2) is 4.98 Å². The second kappa shape index (κ2) is 5.11. The summed E-state index contributed by atoms with van der Waals surface area (Å²) in [6, 6.07) is 4.08. The van der Waals surface area contributed by atoms with Crippen molar-refractivity contribution in [1.82, 2.24) is 4.98 Å². The molecule has 0 N–H and O–H groups in total. The maximum atomic E-state index is 5.72. The van der Waals surface area contributed by atoms with Crippen LogP contribution in [0.1, 0.15) is 29.5 Å². The lowest BCUT2D eigenvalue weighted by atomic mass is 10.1. The molecule has 2 aromatic rings. The lowest BCUT2D eigenvalue weighted by Crippen LogP contribution is -1.89. The van der Waals surface area contributed by atoms with Gasteiger partial charge in [-0.15, -0.1) is 0 Å². The van der Waals surface area contributed by atoms with Gasteiger partial charge in [-0.05, 0) is 50.5 Å². The molecule has 0 saturated carbocycles. The topological polar surface area (TPSA) is 35.3 Å². The molecule has 1 unspecified atom stereocenters. The normalized spacial score (nSPS) is 10.7. The second-order valence-corrected chi connectivity index (χ2v) is 4.67. The maximum absolute atomic E-state index is 5.72. The Morgan fingerprint density at radius 3 is 2.28 bits per heavy atom. The molecule has 18 heavy (non-hydrogen) atoms. The highest BCUT2D eigenvalue weighted by molar-refractivity contribution is 7.10. The minimum Gasteiger partial charge on any atom is -0.480 e. The number of benzene rings is 1. The van der Waals surface area contributed by atoms with Crippen LogP contribution in [-0.2, 0) is 6.42 Å². The lowest BCUT2D eigenvalue weighted by molar-refractivity contribution is 0.539. The fourth-order valence-corrected chi connectivity index (χ4v) is 2.51. The molecular weight excluding hydrogens is 245 g/mol. The number of hydrogen-bond acceptors (Lipinski definition) is 3. The summed E-state index contributed by atoms with van der Waals surface area (Å²) in [7, 11) is 2.29. The van der Waals surface area contributed by atoms with E-state index in [1.165, 1.54) is 0 Å². The van der Waals surface area contributed by atoms with Gasteiger partial charge >= 0.3 is 0 Å². The molecule has 0 spiro atoms. The van der Waals surface area contributed by atoms with Crippen molar-refractivity contribution in [3.8, 4) is 17.2 Å². The van der Waals surface area contributed by atoms with Gasteiger partial charge in [-0.2, -0.15) is 0 Å². The minimum atomic E-state index is 0.686. The summed E-state index contributed by atoms with van der Waals surface area (Å²) < 4.78 is 11.0. The molecule has 4 heteroatoms. The van der Waals surface area contributed by atoms with Crippen LogP contribution in [0.15, 0.2) is 16.5 Å². The molecule has 1 atom stereocenters. The van der Waals surface area contributed by atoms with Gasteiger partial charge in [-0.3, -0.25) is 0 Å². The van der Waals surface area contributed by atoms with E-state index in [9.17, 15) is 0 Å². The largest absolute Gasteiger partial charge is 0.480 e. The van der Waals surface area contributed by atoms with Crippen molar-refractivity contribution in [1.29, 1.82) is 0 Å². The van der Waals surface area contributed by atoms with E-state index in [0.29, 0.717) is 5.89 Å². The first-order valence-corrected chi connectivity index (χ1v) is 6.48. The lowest BCUT2D eigenvalue weighted by Gasteiger charge is -2.09. The zero-order chi connectivity index (χ0) is 13.3. The van der Waals surface area contributed by atoms with Gasteiger partial charge in [-0.25, -0.2) is 4.98 Å². The summed E-state index contributed by atoms with van der Waals surface area (Å²) in [5.41, 5.74) is 4.17. The first kappa shape index (κ1) is 13.1. The molecule has 0 aliphatic rings. The van der Waals surface area contributed by atoms with Crippen molar-refractivity contribution in [3.63, 3.8) is 0 Å². The molecule has 0 radical (unpaired) electrons. The van der Waals surface area contributed by atoms with E-state index in [2.05, 4.69) is 21.4 Å². The quantitative estimate of drug-likeness (QED) is 0.785. The molecule has 0 amide bonds. The predicted molar refractivity (Wildman–Crippen MR) is 75.9 cm³/mol. The van der Waals surface area contributed by atoms with E-state index in [0.717, 1.165) is 40.3 Å². The van der Waals surface area contributed by atoms with Crippen molar-refractivity contribution in [2.75, 3.05) is 0 Å². The van der Waals surface area contributed by atoms with Crippen LogP contribution in [0, 0.1) is 20.8 Å². The van der Waals surface area contributed by atoms with Crippen LogP contribution in [0.3, 0.4) is 0 Å². The average Bonchev–Trinajstić information content (AvgIpc) is 2.70. The van der Waals surface area contributed by atoms with Gasteiger partial charge in [0.2, 0.25) is 5.89 Å². The van der Waals surface area contributed by atoms with Crippen molar-refractivity contribution in [3.05, 3.63) is 34.7 Å². The first-order chi connectivity index (χ1) is 8.56. The van der Waals surface area contributed by atoms with E-state index in [1.54, 1.807) is 0 Å². The monoisotopic (exact) mass is 263 g/mol. The van der Waals surface area contributed by atoms with Gasteiger partial charge < -0.3 is 8.94 Å². The van der Waals surface area contributed by atoms with Crippen molar-refractivity contribution < 1.29 is 8.94 Å². The zero-order valence-corrected chi connectivity index (χ0v) is 12.4. The summed E-state index contributed by atoms with van der Waals surface area (Å²) in [6.45, 7) is 8.07. The highest BCUT2D eigenvalue weighted by Crippen LogP contribution is 2.31. The number of aromatic nitrogens is 1. The molecule has 2 rings (SSSR count). The number of nitrogens with zero attached hydrogens (tertiary/aromatic N) is 1. The Balaban J connectivity index is 2.51. The van der Waals surface area contributed by atoms with Crippen molar-refractivity contribution in [2.24, 2.45) is 0 Å². The summed E-state index contributed by atoms with van der Waals surface area (Å²) in [4.78, 5) is 4.52. The fourth-order valence-electron chi connectivity index (χ4n) is 2.14. The highest BCUT2D eigenvalue weighted by atomic mass is 31.0. The van der Waals surface area contributed by atoms with E-state index in [4.69, 9.17) is 8.94 Å². The maximum Gasteiger partial charge on any atom is 0.226 e. The smallest absolute Gasteiger partial charge is 0.226 e. The van der Waals surface area contributed by atoms with Crippen LogP contribution in [0.5, 0.6) is 5.75 Å². The Morgan fingerprint density at radius 1 is 1.22 bits per heavy atom. The molecule has 96 valence electrons. The molecule has 0 aliphatic carbocycles. The van der Waals surface area contributed by atoms with E-state index in [-0.39, 0.29) is 0 Å². The zero-order valence-electron chi connectivity index (χ0n) is 11.2. The highest BCUT2D eigenvalue weighted by Gasteiger charge is 2.13. The predicted octanol–water partition coefficient (Wildman–Crippen LogP) is 4.00. The Hall–Kier alpha value is -1.34. The van der Waals surface area contributed by atoms with Crippen molar-refractivity contribution in [2.45, 2.75) is 34.1 Å². The van der Waals surface area contributed by atoms with E-state index >= 15 is 0 Å². The van der Waals surface area contributed by atoms with Crippen molar-refractivity contribution >= 4 is 9.47 Å². The van der Waals surface area contributed by atoms with Crippen LogP contribution in [0.2, 0.25) is 0 Å². The van der Waals surface area contributed by atoms with E-state index < -0.39 is 0 Å². The Labute approximate surface area is 110 Å². The Kier molecular flexibility index (Phi) is 3.72. The van der Waals surface area contributed by atoms with Gasteiger partial charge in [0, 0.05) is 5.56 Å². The third-order valence-electron chi connectivity index (χ3n) is 3.05. The second-order valence-electron chi connectivity index (χ2n) is 4.43. The summed E-state index contributed by atoms with van der Waals surface area (Å²) in [5, 5.41) is 0. The Morgan fingerprint density at radius 2 is 1.83 bits per heavy atom. The van der Waals surface area contributed by atoms with E-state index in [1.807, 2.05) is 32.9 Å². The van der Waals surface area contributed by atoms with Gasteiger partial charge in [0.05, 0.1) is 15.2 Å². The van der Waals surface area contributed by atoms with Gasteiger partial charge in [0.25, 0.3) is 0 Å². The minimum absolute atomic E-state index is 0.686. The Bertz CT molecular complexity index is 552. The number of oxazole rings is 1. The van der Waals surface area contributed by atoms with Gasteiger partial charge in [0.15, 0.2) is 0 Å². The molecule has 0 saturated heterocycles. The molecule has 1 aromatic carbocycles. The summed E-state index contributed by atoms with van der Waals surface area (Å²) >= 11 is 0. The molecule has 0 aliphatic heterocycles. The summed E-state index contributed by atoms with van der Waals surface area (Å²) in [5.74, 6) is 2.47. The standard InChI is InChI=1S/C14H18NO2P/c1-5-12-10(4)16-14(15-12)11-6-8(2)13(17-18)9(3)7-11/h6-7H,5,18H2,1-4H3. The number of aryl methyl sites for hydroxylation is 4. The SMILES string of the molecule is CCc1nc(-c2cc(C)c(OP)c(C)c2)oc1C. The van der Waals surface area contributed by atoms with Gasteiger partial charge in [0.1, 0.15) is 11.5 Å². The first-order valence-electron chi connectivity index (χ1n) is 6.01. The third kappa shape index (κ3) is 2.28. The fraction of sp³-hybridized carbons (Fsp3) is 0.357. The molecule has 1 heterocycles. The summed E-state index contributed by atoms with van der Waals surface area (Å²) in [6.07, 6.45) is 0.889. The third-order valence-corrected chi connectivity index (χ3v) is 3.29. The van der Waals surface area contributed by atoms with Crippen LogP contribution in [0.25, 0.3) is 11.5 Å². The average molecular weight is 263 g/mol. The number of hydrogen-bond donors (Lipinski definition) is 0. The molecule has 1 aromatic heterocycles. The molecule has 0 bridgehead atoms. The van der Waals surface area contributed by atoms with Crippen LogP contribution in [0.4, 0.5) is 0 Å².